The summed E-state index contributed by atoms with van der Waals surface area (Å²) in [7, 11) is 0. The lowest BCUT2D eigenvalue weighted by atomic mass is 9.62. The normalized spacial score (nSPS) is 24.2. The molecule has 1 fully saturated rings. The van der Waals surface area contributed by atoms with Gasteiger partial charge in [-0.3, -0.25) is 0 Å². The molecule has 1 unspecified atom stereocenters. The summed E-state index contributed by atoms with van der Waals surface area (Å²) >= 11 is 0. The van der Waals surface area contributed by atoms with Crippen LogP contribution in [-0.2, 0) is 0 Å². The van der Waals surface area contributed by atoms with Crippen LogP contribution in [-0.4, -0.2) is 0 Å². The highest BCUT2D eigenvalue weighted by Crippen LogP contribution is 2.66. The predicted octanol–water partition coefficient (Wildman–Crippen LogP) is 4.49. The van der Waals surface area contributed by atoms with E-state index < -0.39 is 0 Å². The average molecular weight is 182 g/mol. The first-order chi connectivity index (χ1) is 5.61. The molecule has 78 valence electrons. The maximum absolute atomic E-state index is 2.44. The number of hydrogen-bond donors (Lipinski definition) is 0. The van der Waals surface area contributed by atoms with Crippen molar-refractivity contribution in [1.29, 1.82) is 0 Å². The van der Waals surface area contributed by atoms with E-state index in [-0.39, 0.29) is 0 Å². The van der Waals surface area contributed by atoms with Gasteiger partial charge in [-0.25, -0.2) is 0 Å². The van der Waals surface area contributed by atoms with Crippen LogP contribution >= 0.6 is 0 Å². The molecule has 0 aromatic rings. The van der Waals surface area contributed by atoms with Crippen molar-refractivity contribution < 1.29 is 0 Å². The Balaban J connectivity index is 2.83. The zero-order valence-electron chi connectivity index (χ0n) is 10.5. The summed E-state index contributed by atoms with van der Waals surface area (Å²) in [5.41, 5.74) is 1.58. The fourth-order valence-electron chi connectivity index (χ4n) is 2.80. The van der Waals surface area contributed by atoms with Gasteiger partial charge in [0.25, 0.3) is 0 Å². The van der Waals surface area contributed by atoms with E-state index in [0.717, 1.165) is 5.92 Å². The summed E-state index contributed by atoms with van der Waals surface area (Å²) < 4.78 is 0. The van der Waals surface area contributed by atoms with Crippen molar-refractivity contribution in [3.63, 3.8) is 0 Å². The minimum atomic E-state index is 0.462. The molecule has 0 spiro atoms. The maximum atomic E-state index is 2.44. The molecular formula is C13H26. The molecule has 0 aliphatic heterocycles. The molecule has 0 aromatic heterocycles. The van der Waals surface area contributed by atoms with E-state index in [1.807, 2.05) is 0 Å². The average Bonchev–Trinajstić information content (AvgIpc) is 2.60. The number of rotatable bonds is 1. The van der Waals surface area contributed by atoms with Gasteiger partial charge in [-0.05, 0) is 35.0 Å². The smallest absolute Gasteiger partial charge is 0.0218 e. The zero-order chi connectivity index (χ0) is 10.5. The molecular weight excluding hydrogens is 156 g/mol. The van der Waals surface area contributed by atoms with Gasteiger partial charge in [-0.1, -0.05) is 48.5 Å². The molecule has 13 heavy (non-hydrogen) atoms. The van der Waals surface area contributed by atoms with Gasteiger partial charge in [0.15, 0.2) is 0 Å². The standard InChI is InChI=1S/C13H26/c1-10(11(2,3)4)13(8-9-13)12(5,6)7/h10H,8-9H2,1-7H3. The fourth-order valence-corrected chi connectivity index (χ4v) is 2.80. The Hall–Kier alpha value is 0. The van der Waals surface area contributed by atoms with Crippen LogP contribution in [0.4, 0.5) is 0 Å². The summed E-state index contributed by atoms with van der Waals surface area (Å²) in [4.78, 5) is 0. The van der Waals surface area contributed by atoms with Crippen LogP contribution in [0.5, 0.6) is 0 Å². The molecule has 1 aliphatic carbocycles. The Morgan fingerprint density at radius 3 is 1.38 bits per heavy atom. The Labute approximate surface area is 84.1 Å². The molecule has 1 rings (SSSR count). The van der Waals surface area contributed by atoms with Gasteiger partial charge in [0, 0.05) is 0 Å². The molecule has 0 radical (unpaired) electrons. The summed E-state index contributed by atoms with van der Waals surface area (Å²) in [6.07, 6.45) is 2.88. The highest BCUT2D eigenvalue weighted by molar-refractivity contribution is 5.06. The second-order valence-corrected chi connectivity index (χ2v) is 6.99. The highest BCUT2D eigenvalue weighted by Gasteiger charge is 2.57. The number of hydrogen-bond acceptors (Lipinski definition) is 0. The first kappa shape index (κ1) is 11.1. The molecule has 0 N–H and O–H groups in total. The highest BCUT2D eigenvalue weighted by atomic mass is 14.6. The molecule has 0 saturated heterocycles. The molecule has 0 heterocycles. The topological polar surface area (TPSA) is 0 Å². The Morgan fingerprint density at radius 1 is 0.923 bits per heavy atom. The monoisotopic (exact) mass is 182 g/mol. The van der Waals surface area contributed by atoms with Crippen molar-refractivity contribution in [2.75, 3.05) is 0 Å². The second-order valence-electron chi connectivity index (χ2n) is 6.99. The van der Waals surface area contributed by atoms with Gasteiger partial charge in [0.1, 0.15) is 0 Å². The van der Waals surface area contributed by atoms with E-state index in [2.05, 4.69) is 48.5 Å². The van der Waals surface area contributed by atoms with Gasteiger partial charge < -0.3 is 0 Å². The van der Waals surface area contributed by atoms with Crippen molar-refractivity contribution in [1.82, 2.24) is 0 Å². The van der Waals surface area contributed by atoms with E-state index in [1.165, 1.54) is 12.8 Å². The van der Waals surface area contributed by atoms with Crippen molar-refractivity contribution >= 4 is 0 Å². The summed E-state index contributed by atoms with van der Waals surface area (Å²) in [6, 6.07) is 0. The second kappa shape index (κ2) is 2.74. The minimum absolute atomic E-state index is 0.462. The summed E-state index contributed by atoms with van der Waals surface area (Å²) in [6.45, 7) is 16.8. The lowest BCUT2D eigenvalue weighted by Crippen LogP contribution is -2.35. The van der Waals surface area contributed by atoms with E-state index in [9.17, 15) is 0 Å². The molecule has 0 amide bonds. The lowest BCUT2D eigenvalue weighted by molar-refractivity contribution is 0.0618. The SMILES string of the molecule is CC(C(C)(C)C)C1(C(C)(C)C)CC1. The van der Waals surface area contributed by atoms with Gasteiger partial charge in [0.2, 0.25) is 0 Å². The molecule has 1 aliphatic rings. The van der Waals surface area contributed by atoms with Crippen LogP contribution in [0.3, 0.4) is 0 Å². The first-order valence-corrected chi connectivity index (χ1v) is 5.61. The Morgan fingerprint density at radius 2 is 1.31 bits per heavy atom. The van der Waals surface area contributed by atoms with Crippen molar-refractivity contribution in [3.8, 4) is 0 Å². The fraction of sp³-hybridized carbons (Fsp3) is 1.00. The quantitative estimate of drug-likeness (QED) is 0.560. The van der Waals surface area contributed by atoms with Gasteiger partial charge in [-0.15, -0.1) is 0 Å². The maximum Gasteiger partial charge on any atom is -0.0218 e. The van der Waals surface area contributed by atoms with Crippen LogP contribution in [0.15, 0.2) is 0 Å². The molecule has 0 nitrogen and oxygen atoms in total. The first-order valence-electron chi connectivity index (χ1n) is 5.61. The molecule has 1 saturated carbocycles. The zero-order valence-corrected chi connectivity index (χ0v) is 10.5. The van der Waals surface area contributed by atoms with Crippen molar-refractivity contribution in [2.45, 2.75) is 61.3 Å². The van der Waals surface area contributed by atoms with E-state index in [4.69, 9.17) is 0 Å². The van der Waals surface area contributed by atoms with E-state index in [1.54, 1.807) is 0 Å². The van der Waals surface area contributed by atoms with Gasteiger partial charge >= 0.3 is 0 Å². The summed E-state index contributed by atoms with van der Waals surface area (Å²) in [5.74, 6) is 0.833. The molecule has 1 atom stereocenters. The van der Waals surface area contributed by atoms with Crippen LogP contribution < -0.4 is 0 Å². The third-order valence-electron chi connectivity index (χ3n) is 4.41. The van der Waals surface area contributed by atoms with Crippen molar-refractivity contribution in [3.05, 3.63) is 0 Å². The van der Waals surface area contributed by atoms with Crippen LogP contribution in [0.2, 0.25) is 0 Å². The van der Waals surface area contributed by atoms with Crippen LogP contribution in [0.25, 0.3) is 0 Å². The molecule has 0 aromatic carbocycles. The predicted molar refractivity (Wildman–Crippen MR) is 59.7 cm³/mol. The molecule has 0 bridgehead atoms. The van der Waals surface area contributed by atoms with Crippen LogP contribution in [0.1, 0.15) is 61.3 Å². The van der Waals surface area contributed by atoms with Crippen molar-refractivity contribution in [2.24, 2.45) is 22.2 Å². The van der Waals surface area contributed by atoms with Crippen LogP contribution in [0, 0.1) is 22.2 Å². The third-order valence-corrected chi connectivity index (χ3v) is 4.41. The van der Waals surface area contributed by atoms with E-state index >= 15 is 0 Å². The van der Waals surface area contributed by atoms with Gasteiger partial charge in [-0.2, -0.15) is 0 Å². The van der Waals surface area contributed by atoms with E-state index in [0.29, 0.717) is 16.2 Å². The molecule has 0 heteroatoms. The third kappa shape index (κ3) is 1.78. The Kier molecular flexibility index (Phi) is 2.34. The summed E-state index contributed by atoms with van der Waals surface area (Å²) in [5, 5.41) is 0. The lowest BCUT2D eigenvalue weighted by Gasteiger charge is -2.43. The van der Waals surface area contributed by atoms with Gasteiger partial charge in [0.05, 0.1) is 0 Å². The largest absolute Gasteiger partial charge is 0.0615 e. The Bertz CT molecular complexity index is 183. The minimum Gasteiger partial charge on any atom is -0.0615 e.